The minimum atomic E-state index is 0.272. The Bertz CT molecular complexity index is 277. The fourth-order valence-electron chi connectivity index (χ4n) is 1.56. The van der Waals surface area contributed by atoms with Gasteiger partial charge in [-0.1, -0.05) is 0 Å². The van der Waals surface area contributed by atoms with Crippen molar-refractivity contribution < 1.29 is 0 Å². The molecule has 0 aliphatic rings. The number of aryl methyl sites for hydroxylation is 2. The summed E-state index contributed by atoms with van der Waals surface area (Å²) in [6, 6.07) is 0.272. The van der Waals surface area contributed by atoms with E-state index in [0.717, 1.165) is 5.69 Å². The van der Waals surface area contributed by atoms with E-state index in [1.807, 2.05) is 38.9 Å². The summed E-state index contributed by atoms with van der Waals surface area (Å²) in [7, 11) is 5.99. The van der Waals surface area contributed by atoms with Crippen LogP contribution in [0.3, 0.4) is 0 Å². The average Bonchev–Trinajstić information content (AvgIpc) is 2.31. The van der Waals surface area contributed by atoms with Crippen molar-refractivity contribution in [3.8, 4) is 0 Å². The average molecular weight is 182 g/mol. The molecule has 1 aromatic rings. The van der Waals surface area contributed by atoms with Gasteiger partial charge in [0.25, 0.3) is 0 Å². The highest BCUT2D eigenvalue weighted by atomic mass is 15.3. The van der Waals surface area contributed by atoms with Crippen molar-refractivity contribution >= 4 is 0 Å². The molecule has 0 aromatic carbocycles. The van der Waals surface area contributed by atoms with Crippen molar-refractivity contribution in [1.29, 1.82) is 0 Å². The molecule has 2 N–H and O–H groups in total. The number of rotatable bonds is 3. The van der Waals surface area contributed by atoms with Crippen LogP contribution in [0.15, 0.2) is 6.20 Å². The van der Waals surface area contributed by atoms with Gasteiger partial charge in [-0.15, -0.1) is 0 Å². The van der Waals surface area contributed by atoms with Gasteiger partial charge in [0.1, 0.15) is 0 Å². The molecule has 1 atom stereocenters. The SMILES string of the molecule is Cc1nn(C)cc1C(CN)N(C)C. The first-order valence-corrected chi connectivity index (χ1v) is 4.43. The van der Waals surface area contributed by atoms with Gasteiger partial charge in [-0.2, -0.15) is 5.10 Å². The number of likely N-dealkylation sites (N-methyl/N-ethyl adjacent to an activating group) is 1. The van der Waals surface area contributed by atoms with Gasteiger partial charge in [0.05, 0.1) is 5.69 Å². The Morgan fingerprint density at radius 2 is 2.23 bits per heavy atom. The molecule has 74 valence electrons. The molecule has 13 heavy (non-hydrogen) atoms. The summed E-state index contributed by atoms with van der Waals surface area (Å²) in [5.41, 5.74) is 7.98. The zero-order valence-corrected chi connectivity index (χ0v) is 8.78. The molecular formula is C9H18N4. The summed E-state index contributed by atoms with van der Waals surface area (Å²) in [6.07, 6.45) is 2.03. The largest absolute Gasteiger partial charge is 0.329 e. The van der Waals surface area contributed by atoms with Crippen LogP contribution in [0, 0.1) is 6.92 Å². The highest BCUT2D eigenvalue weighted by molar-refractivity contribution is 5.20. The Balaban J connectivity index is 2.97. The third-order valence-electron chi connectivity index (χ3n) is 2.26. The van der Waals surface area contributed by atoms with E-state index in [1.165, 1.54) is 5.56 Å². The molecule has 0 saturated heterocycles. The molecule has 0 saturated carbocycles. The Morgan fingerprint density at radius 3 is 2.54 bits per heavy atom. The van der Waals surface area contributed by atoms with E-state index < -0.39 is 0 Å². The number of nitrogens with zero attached hydrogens (tertiary/aromatic N) is 3. The van der Waals surface area contributed by atoms with E-state index in [-0.39, 0.29) is 6.04 Å². The van der Waals surface area contributed by atoms with E-state index in [1.54, 1.807) is 0 Å². The third kappa shape index (κ3) is 2.08. The first-order chi connectivity index (χ1) is 6.06. The van der Waals surface area contributed by atoms with Gasteiger partial charge in [0.15, 0.2) is 0 Å². The summed E-state index contributed by atoms with van der Waals surface area (Å²) in [4.78, 5) is 2.12. The topological polar surface area (TPSA) is 47.1 Å². The second kappa shape index (κ2) is 3.89. The number of aromatic nitrogens is 2. The molecule has 0 spiro atoms. The Kier molecular flexibility index (Phi) is 3.06. The number of hydrogen-bond donors (Lipinski definition) is 1. The van der Waals surface area contributed by atoms with Crippen molar-refractivity contribution in [3.63, 3.8) is 0 Å². The predicted octanol–water partition coefficient (Wildman–Crippen LogP) is 0.290. The minimum absolute atomic E-state index is 0.272. The van der Waals surface area contributed by atoms with Crippen LogP contribution in [0.2, 0.25) is 0 Å². The first kappa shape index (κ1) is 10.2. The van der Waals surface area contributed by atoms with E-state index in [2.05, 4.69) is 10.00 Å². The lowest BCUT2D eigenvalue weighted by Crippen LogP contribution is -2.27. The van der Waals surface area contributed by atoms with Crippen molar-refractivity contribution in [1.82, 2.24) is 14.7 Å². The molecule has 0 bridgehead atoms. The van der Waals surface area contributed by atoms with Gasteiger partial charge in [-0.25, -0.2) is 0 Å². The molecule has 0 aliphatic carbocycles. The van der Waals surface area contributed by atoms with Gasteiger partial charge in [0.2, 0.25) is 0 Å². The van der Waals surface area contributed by atoms with Crippen LogP contribution in [0.1, 0.15) is 17.3 Å². The second-order valence-corrected chi connectivity index (χ2v) is 3.56. The quantitative estimate of drug-likeness (QED) is 0.731. The highest BCUT2D eigenvalue weighted by Gasteiger charge is 2.16. The Labute approximate surface area is 79.3 Å². The summed E-state index contributed by atoms with van der Waals surface area (Å²) >= 11 is 0. The lowest BCUT2D eigenvalue weighted by molar-refractivity contribution is 0.305. The molecule has 1 unspecified atom stereocenters. The fourth-order valence-corrected chi connectivity index (χ4v) is 1.56. The maximum atomic E-state index is 5.71. The van der Waals surface area contributed by atoms with E-state index >= 15 is 0 Å². The van der Waals surface area contributed by atoms with Crippen molar-refractivity contribution in [2.75, 3.05) is 20.6 Å². The van der Waals surface area contributed by atoms with Crippen LogP contribution in [0.4, 0.5) is 0 Å². The van der Waals surface area contributed by atoms with Gasteiger partial charge in [-0.05, 0) is 21.0 Å². The number of hydrogen-bond acceptors (Lipinski definition) is 3. The number of nitrogens with two attached hydrogens (primary N) is 1. The molecule has 0 radical (unpaired) electrons. The molecule has 1 aromatic heterocycles. The van der Waals surface area contributed by atoms with Crippen LogP contribution in [-0.2, 0) is 7.05 Å². The third-order valence-corrected chi connectivity index (χ3v) is 2.26. The normalized spacial score (nSPS) is 13.7. The maximum Gasteiger partial charge on any atom is 0.0641 e. The molecule has 4 heteroatoms. The van der Waals surface area contributed by atoms with Crippen molar-refractivity contribution in [2.24, 2.45) is 12.8 Å². The smallest absolute Gasteiger partial charge is 0.0641 e. The van der Waals surface area contributed by atoms with Gasteiger partial charge in [0, 0.05) is 31.4 Å². The van der Waals surface area contributed by atoms with Gasteiger partial charge < -0.3 is 10.6 Å². The predicted molar refractivity (Wildman–Crippen MR) is 53.4 cm³/mol. The lowest BCUT2D eigenvalue weighted by Gasteiger charge is -2.21. The first-order valence-electron chi connectivity index (χ1n) is 4.43. The van der Waals surface area contributed by atoms with Crippen LogP contribution in [0.5, 0.6) is 0 Å². The summed E-state index contributed by atoms with van der Waals surface area (Å²) in [6.45, 7) is 2.64. The Morgan fingerprint density at radius 1 is 1.62 bits per heavy atom. The van der Waals surface area contributed by atoms with Crippen LogP contribution < -0.4 is 5.73 Å². The highest BCUT2D eigenvalue weighted by Crippen LogP contribution is 2.19. The monoisotopic (exact) mass is 182 g/mol. The van der Waals surface area contributed by atoms with Crippen LogP contribution >= 0.6 is 0 Å². The van der Waals surface area contributed by atoms with Crippen molar-refractivity contribution in [3.05, 3.63) is 17.5 Å². The van der Waals surface area contributed by atoms with E-state index in [9.17, 15) is 0 Å². The van der Waals surface area contributed by atoms with Crippen LogP contribution in [0.25, 0.3) is 0 Å². The lowest BCUT2D eigenvalue weighted by atomic mass is 10.1. The molecule has 1 heterocycles. The summed E-state index contributed by atoms with van der Waals surface area (Å²) < 4.78 is 1.83. The Hall–Kier alpha value is -0.870. The summed E-state index contributed by atoms with van der Waals surface area (Å²) in [5.74, 6) is 0. The zero-order valence-electron chi connectivity index (χ0n) is 8.78. The fraction of sp³-hybridized carbons (Fsp3) is 0.667. The standard InChI is InChI=1S/C9H18N4/c1-7-8(6-13(4)11-7)9(5-10)12(2)3/h6,9H,5,10H2,1-4H3. The van der Waals surface area contributed by atoms with Crippen LogP contribution in [-0.4, -0.2) is 35.3 Å². The molecule has 0 aliphatic heterocycles. The maximum absolute atomic E-state index is 5.71. The van der Waals surface area contributed by atoms with Gasteiger partial charge in [-0.3, -0.25) is 4.68 Å². The van der Waals surface area contributed by atoms with E-state index in [0.29, 0.717) is 6.54 Å². The summed E-state index contributed by atoms with van der Waals surface area (Å²) in [5, 5.41) is 4.30. The molecular weight excluding hydrogens is 164 g/mol. The van der Waals surface area contributed by atoms with Gasteiger partial charge >= 0.3 is 0 Å². The second-order valence-electron chi connectivity index (χ2n) is 3.56. The zero-order chi connectivity index (χ0) is 10.0. The molecule has 4 nitrogen and oxygen atoms in total. The van der Waals surface area contributed by atoms with E-state index in [4.69, 9.17) is 5.73 Å². The molecule has 1 rings (SSSR count). The molecule has 0 fully saturated rings. The van der Waals surface area contributed by atoms with Crippen molar-refractivity contribution in [2.45, 2.75) is 13.0 Å². The minimum Gasteiger partial charge on any atom is -0.329 e. The molecule has 0 amide bonds.